The molecule has 1 aromatic carbocycles. The largest absolute Gasteiger partial charge is 0.304 e. The molecular weight excluding hydrogens is 282 g/mol. The summed E-state index contributed by atoms with van der Waals surface area (Å²) >= 11 is 6.27. The minimum atomic E-state index is 0.793. The monoisotopic (exact) mass is 307 g/mol. The third-order valence-corrected chi connectivity index (χ3v) is 5.33. The lowest BCUT2D eigenvalue weighted by atomic mass is 10.0. The highest BCUT2D eigenvalue weighted by atomic mass is 35.5. The predicted octanol–water partition coefficient (Wildman–Crippen LogP) is 2.55. The van der Waals surface area contributed by atoms with Crippen LogP contribution in [-0.4, -0.2) is 67.1 Å². The van der Waals surface area contributed by atoms with Crippen LogP contribution in [0.1, 0.15) is 18.4 Å². The van der Waals surface area contributed by atoms with Gasteiger partial charge in [-0.1, -0.05) is 29.8 Å². The Kier molecular flexibility index (Phi) is 5.17. The number of hydrogen-bond donors (Lipinski definition) is 0. The number of likely N-dealkylation sites (tertiary alicyclic amines) is 1. The first-order valence-corrected chi connectivity index (χ1v) is 8.48. The number of benzene rings is 1. The summed E-state index contributed by atoms with van der Waals surface area (Å²) in [6, 6.07) is 9.02. The van der Waals surface area contributed by atoms with E-state index in [-0.39, 0.29) is 0 Å². The van der Waals surface area contributed by atoms with Gasteiger partial charge in [-0.3, -0.25) is 9.80 Å². The van der Waals surface area contributed by atoms with Crippen LogP contribution in [0.2, 0.25) is 5.02 Å². The Balaban J connectivity index is 1.48. The normalized spacial score (nSPS) is 23.5. The van der Waals surface area contributed by atoms with E-state index in [0.717, 1.165) is 17.6 Å². The maximum Gasteiger partial charge on any atom is 0.0451 e. The Bertz CT molecular complexity index is 449. The Morgan fingerprint density at radius 2 is 1.67 bits per heavy atom. The molecule has 1 aromatic rings. The summed E-state index contributed by atoms with van der Waals surface area (Å²) in [7, 11) is 2.23. The van der Waals surface area contributed by atoms with Crippen molar-refractivity contribution < 1.29 is 0 Å². The molecule has 0 unspecified atom stereocenters. The molecule has 0 saturated carbocycles. The van der Waals surface area contributed by atoms with Gasteiger partial charge in [0.05, 0.1) is 0 Å². The van der Waals surface area contributed by atoms with Crippen LogP contribution in [0.3, 0.4) is 0 Å². The van der Waals surface area contributed by atoms with Crippen LogP contribution in [0.5, 0.6) is 0 Å². The maximum atomic E-state index is 6.27. The molecule has 4 heteroatoms. The second-order valence-electron chi connectivity index (χ2n) is 6.44. The van der Waals surface area contributed by atoms with Gasteiger partial charge in [-0.25, -0.2) is 0 Å². The minimum Gasteiger partial charge on any atom is -0.304 e. The van der Waals surface area contributed by atoms with E-state index in [1.165, 1.54) is 57.7 Å². The van der Waals surface area contributed by atoms with Gasteiger partial charge in [0.15, 0.2) is 0 Å². The molecule has 0 atom stereocenters. The van der Waals surface area contributed by atoms with Crippen molar-refractivity contribution in [3.63, 3.8) is 0 Å². The zero-order valence-corrected chi connectivity index (χ0v) is 13.7. The van der Waals surface area contributed by atoms with Gasteiger partial charge in [0.25, 0.3) is 0 Å². The van der Waals surface area contributed by atoms with Crippen molar-refractivity contribution >= 4 is 11.6 Å². The number of halogens is 1. The molecular formula is C17H26ClN3. The van der Waals surface area contributed by atoms with Crippen LogP contribution in [0.4, 0.5) is 0 Å². The lowest BCUT2D eigenvalue weighted by Gasteiger charge is -2.42. The molecule has 0 radical (unpaired) electrons. The van der Waals surface area contributed by atoms with Crippen molar-refractivity contribution in [2.75, 3.05) is 46.3 Å². The van der Waals surface area contributed by atoms with Gasteiger partial charge >= 0.3 is 0 Å². The average Bonchev–Trinajstić information content (AvgIpc) is 2.51. The summed E-state index contributed by atoms with van der Waals surface area (Å²) in [5, 5.41) is 0.902. The number of piperidine rings is 1. The fourth-order valence-corrected chi connectivity index (χ4v) is 3.69. The topological polar surface area (TPSA) is 9.72 Å². The standard InChI is InChI=1S/C17H26ClN3/c1-19-10-12-21(13-11-19)16-6-8-20(9-7-16)14-15-4-2-3-5-17(15)18/h2-5,16H,6-14H2,1H3. The molecule has 0 bridgehead atoms. The van der Waals surface area contributed by atoms with E-state index >= 15 is 0 Å². The maximum absolute atomic E-state index is 6.27. The highest BCUT2D eigenvalue weighted by molar-refractivity contribution is 6.31. The molecule has 0 spiro atoms. The highest BCUT2D eigenvalue weighted by Crippen LogP contribution is 2.22. The second-order valence-corrected chi connectivity index (χ2v) is 6.85. The van der Waals surface area contributed by atoms with Gasteiger partial charge in [-0.15, -0.1) is 0 Å². The third kappa shape index (κ3) is 3.98. The van der Waals surface area contributed by atoms with Crippen molar-refractivity contribution in [1.82, 2.24) is 14.7 Å². The lowest BCUT2D eigenvalue weighted by Crippen LogP contribution is -2.52. The number of hydrogen-bond acceptors (Lipinski definition) is 3. The van der Waals surface area contributed by atoms with Gasteiger partial charge < -0.3 is 4.90 Å². The van der Waals surface area contributed by atoms with Crippen molar-refractivity contribution in [2.24, 2.45) is 0 Å². The van der Waals surface area contributed by atoms with E-state index in [0.29, 0.717) is 0 Å². The predicted molar refractivity (Wildman–Crippen MR) is 88.8 cm³/mol. The van der Waals surface area contributed by atoms with E-state index in [1.54, 1.807) is 0 Å². The summed E-state index contributed by atoms with van der Waals surface area (Å²) in [5.74, 6) is 0. The Hall–Kier alpha value is -0.610. The number of likely N-dealkylation sites (N-methyl/N-ethyl adjacent to an activating group) is 1. The minimum absolute atomic E-state index is 0.793. The molecule has 3 rings (SSSR count). The first-order valence-electron chi connectivity index (χ1n) is 8.11. The molecule has 0 amide bonds. The van der Waals surface area contributed by atoms with E-state index in [9.17, 15) is 0 Å². The van der Waals surface area contributed by atoms with E-state index < -0.39 is 0 Å². The summed E-state index contributed by atoms with van der Waals surface area (Å²) < 4.78 is 0. The molecule has 0 aliphatic carbocycles. The van der Waals surface area contributed by atoms with E-state index in [2.05, 4.69) is 33.9 Å². The Morgan fingerprint density at radius 1 is 1.00 bits per heavy atom. The average molecular weight is 308 g/mol. The summed E-state index contributed by atoms with van der Waals surface area (Å²) in [5.41, 5.74) is 1.26. The fraction of sp³-hybridized carbons (Fsp3) is 0.647. The molecule has 0 N–H and O–H groups in total. The smallest absolute Gasteiger partial charge is 0.0451 e. The summed E-state index contributed by atoms with van der Waals surface area (Å²) in [4.78, 5) is 7.68. The number of rotatable bonds is 3. The molecule has 21 heavy (non-hydrogen) atoms. The fourth-order valence-electron chi connectivity index (χ4n) is 3.50. The molecule has 3 nitrogen and oxygen atoms in total. The van der Waals surface area contributed by atoms with Gasteiger partial charge in [0, 0.05) is 43.8 Å². The Labute approximate surface area is 133 Å². The Morgan fingerprint density at radius 3 is 2.33 bits per heavy atom. The van der Waals surface area contributed by atoms with Crippen LogP contribution in [0.15, 0.2) is 24.3 Å². The zero-order valence-electron chi connectivity index (χ0n) is 13.0. The molecule has 2 heterocycles. The van der Waals surface area contributed by atoms with E-state index in [4.69, 9.17) is 11.6 Å². The summed E-state index contributed by atoms with van der Waals surface area (Å²) in [6.45, 7) is 8.32. The van der Waals surface area contributed by atoms with Crippen LogP contribution in [0, 0.1) is 0 Å². The van der Waals surface area contributed by atoms with Gasteiger partial charge in [-0.2, -0.15) is 0 Å². The zero-order chi connectivity index (χ0) is 14.7. The molecule has 2 saturated heterocycles. The van der Waals surface area contributed by atoms with Crippen LogP contribution < -0.4 is 0 Å². The van der Waals surface area contributed by atoms with Crippen LogP contribution in [-0.2, 0) is 6.54 Å². The van der Waals surface area contributed by atoms with Crippen molar-refractivity contribution in [3.05, 3.63) is 34.9 Å². The number of nitrogens with zero attached hydrogens (tertiary/aromatic N) is 3. The second kappa shape index (κ2) is 7.10. The van der Waals surface area contributed by atoms with Gasteiger partial charge in [0.2, 0.25) is 0 Å². The highest BCUT2D eigenvalue weighted by Gasteiger charge is 2.26. The SMILES string of the molecule is CN1CCN(C2CCN(Cc3ccccc3Cl)CC2)CC1. The molecule has 2 aliphatic heterocycles. The van der Waals surface area contributed by atoms with Crippen molar-refractivity contribution in [3.8, 4) is 0 Å². The summed E-state index contributed by atoms with van der Waals surface area (Å²) in [6.07, 6.45) is 2.60. The number of piperazine rings is 1. The molecule has 2 fully saturated rings. The first-order chi connectivity index (χ1) is 10.2. The van der Waals surface area contributed by atoms with Crippen molar-refractivity contribution in [2.45, 2.75) is 25.4 Å². The van der Waals surface area contributed by atoms with Crippen LogP contribution in [0.25, 0.3) is 0 Å². The van der Waals surface area contributed by atoms with Crippen molar-refractivity contribution in [1.29, 1.82) is 0 Å². The molecule has 116 valence electrons. The third-order valence-electron chi connectivity index (χ3n) is 4.96. The first kappa shape index (κ1) is 15.3. The quantitative estimate of drug-likeness (QED) is 0.850. The van der Waals surface area contributed by atoms with Crippen LogP contribution >= 0.6 is 11.6 Å². The lowest BCUT2D eigenvalue weighted by molar-refractivity contribution is 0.0658. The molecule has 0 aromatic heterocycles. The van der Waals surface area contributed by atoms with E-state index in [1.807, 2.05) is 12.1 Å². The van der Waals surface area contributed by atoms with Gasteiger partial charge in [-0.05, 0) is 44.6 Å². The molecule has 2 aliphatic rings. The van der Waals surface area contributed by atoms with Gasteiger partial charge in [0.1, 0.15) is 0 Å².